The van der Waals surface area contributed by atoms with Gasteiger partial charge in [-0.25, -0.2) is 0 Å². The van der Waals surface area contributed by atoms with Crippen molar-refractivity contribution in [2.24, 2.45) is 0 Å². The van der Waals surface area contributed by atoms with Crippen molar-refractivity contribution in [3.63, 3.8) is 0 Å². The molecule has 0 bridgehead atoms. The lowest BCUT2D eigenvalue weighted by Crippen LogP contribution is -1.91. The molecular formula is C13H15N. The minimum absolute atomic E-state index is 0.319. The smallest absolute Gasteiger partial charge is 0.0628 e. The molecule has 72 valence electrons. The molecule has 0 aliphatic rings. The molecule has 1 aromatic rings. The SMILES string of the molecule is C=C(C)c1ccc(C(C)CC#N)cc1. The Morgan fingerprint density at radius 2 is 2.00 bits per heavy atom. The van der Waals surface area contributed by atoms with Gasteiger partial charge in [0.15, 0.2) is 0 Å². The Kier molecular flexibility index (Phi) is 3.48. The summed E-state index contributed by atoms with van der Waals surface area (Å²) in [4.78, 5) is 0. The number of nitriles is 1. The van der Waals surface area contributed by atoms with Crippen LogP contribution in [0, 0.1) is 11.3 Å². The minimum atomic E-state index is 0.319. The van der Waals surface area contributed by atoms with Gasteiger partial charge in [-0.2, -0.15) is 5.26 Å². The maximum atomic E-state index is 8.58. The van der Waals surface area contributed by atoms with Crippen molar-refractivity contribution < 1.29 is 0 Å². The van der Waals surface area contributed by atoms with E-state index in [2.05, 4.69) is 43.8 Å². The molecule has 0 spiro atoms. The van der Waals surface area contributed by atoms with E-state index in [9.17, 15) is 0 Å². The van der Waals surface area contributed by atoms with E-state index in [4.69, 9.17) is 5.26 Å². The van der Waals surface area contributed by atoms with Gasteiger partial charge in [-0.05, 0) is 24.0 Å². The van der Waals surface area contributed by atoms with Crippen LogP contribution in [0.3, 0.4) is 0 Å². The highest BCUT2D eigenvalue weighted by Crippen LogP contribution is 2.20. The van der Waals surface area contributed by atoms with Gasteiger partial charge in [0.1, 0.15) is 0 Å². The Morgan fingerprint density at radius 1 is 1.43 bits per heavy atom. The third kappa shape index (κ3) is 2.47. The van der Waals surface area contributed by atoms with Crippen LogP contribution in [0.2, 0.25) is 0 Å². The van der Waals surface area contributed by atoms with E-state index in [0.717, 1.165) is 11.1 Å². The average molecular weight is 185 g/mol. The number of rotatable bonds is 3. The highest BCUT2D eigenvalue weighted by atomic mass is 14.2. The molecule has 1 aromatic carbocycles. The van der Waals surface area contributed by atoms with E-state index in [-0.39, 0.29) is 0 Å². The first-order valence-corrected chi connectivity index (χ1v) is 4.78. The number of nitrogens with zero attached hydrogens (tertiary/aromatic N) is 1. The summed E-state index contributed by atoms with van der Waals surface area (Å²) < 4.78 is 0. The quantitative estimate of drug-likeness (QED) is 0.703. The molecule has 1 heteroatoms. The van der Waals surface area contributed by atoms with Gasteiger partial charge in [0.05, 0.1) is 6.07 Å². The van der Waals surface area contributed by atoms with Crippen molar-refractivity contribution in [2.75, 3.05) is 0 Å². The molecule has 1 rings (SSSR count). The highest BCUT2D eigenvalue weighted by molar-refractivity contribution is 5.61. The lowest BCUT2D eigenvalue weighted by atomic mass is 9.96. The second kappa shape index (κ2) is 4.62. The molecule has 0 aliphatic heterocycles. The number of allylic oxidation sites excluding steroid dienone is 1. The summed E-state index contributed by atoms with van der Waals surface area (Å²) in [6, 6.07) is 10.5. The van der Waals surface area contributed by atoms with Crippen LogP contribution < -0.4 is 0 Å². The van der Waals surface area contributed by atoms with Crippen LogP contribution >= 0.6 is 0 Å². The summed E-state index contributed by atoms with van der Waals surface area (Å²) in [7, 11) is 0. The van der Waals surface area contributed by atoms with E-state index >= 15 is 0 Å². The van der Waals surface area contributed by atoms with E-state index < -0.39 is 0 Å². The summed E-state index contributed by atoms with van der Waals surface area (Å²) in [6.45, 7) is 7.95. The zero-order chi connectivity index (χ0) is 10.6. The monoisotopic (exact) mass is 185 g/mol. The first-order chi connectivity index (χ1) is 6.65. The van der Waals surface area contributed by atoms with Crippen LogP contribution in [0.1, 0.15) is 37.3 Å². The second-order valence-corrected chi connectivity index (χ2v) is 3.67. The van der Waals surface area contributed by atoms with Crippen LogP contribution in [0.5, 0.6) is 0 Å². The zero-order valence-electron chi connectivity index (χ0n) is 8.75. The molecule has 0 heterocycles. The normalized spacial score (nSPS) is 11.8. The Bertz CT molecular complexity index is 354. The van der Waals surface area contributed by atoms with Gasteiger partial charge in [0.25, 0.3) is 0 Å². The standard InChI is InChI=1S/C13H15N/c1-10(2)12-4-6-13(7-5-12)11(3)8-9-14/h4-7,11H,1,8H2,2-3H3. The fourth-order valence-electron chi connectivity index (χ4n) is 1.35. The molecule has 0 N–H and O–H groups in total. The zero-order valence-corrected chi connectivity index (χ0v) is 8.75. The van der Waals surface area contributed by atoms with Crippen molar-refractivity contribution in [3.8, 4) is 6.07 Å². The minimum Gasteiger partial charge on any atom is -0.198 e. The number of benzene rings is 1. The summed E-state index contributed by atoms with van der Waals surface area (Å²) in [5, 5.41) is 8.58. The van der Waals surface area contributed by atoms with Gasteiger partial charge in [-0.15, -0.1) is 0 Å². The van der Waals surface area contributed by atoms with Crippen molar-refractivity contribution in [3.05, 3.63) is 42.0 Å². The van der Waals surface area contributed by atoms with Gasteiger partial charge in [-0.1, -0.05) is 43.3 Å². The number of hydrogen-bond acceptors (Lipinski definition) is 1. The maximum absolute atomic E-state index is 8.58. The third-order valence-corrected chi connectivity index (χ3v) is 2.37. The lowest BCUT2D eigenvalue weighted by molar-refractivity contribution is 0.789. The molecule has 0 fully saturated rings. The second-order valence-electron chi connectivity index (χ2n) is 3.67. The fourth-order valence-corrected chi connectivity index (χ4v) is 1.35. The fraction of sp³-hybridized carbons (Fsp3) is 0.308. The molecule has 0 amide bonds. The largest absolute Gasteiger partial charge is 0.198 e. The predicted molar refractivity (Wildman–Crippen MR) is 59.8 cm³/mol. The molecule has 0 saturated carbocycles. The summed E-state index contributed by atoms with van der Waals surface area (Å²) >= 11 is 0. The first kappa shape index (κ1) is 10.5. The van der Waals surface area contributed by atoms with Crippen molar-refractivity contribution in [1.82, 2.24) is 0 Å². The van der Waals surface area contributed by atoms with Gasteiger partial charge in [-0.3, -0.25) is 0 Å². The van der Waals surface area contributed by atoms with E-state index in [1.807, 2.05) is 6.92 Å². The van der Waals surface area contributed by atoms with Crippen LogP contribution in [0.25, 0.3) is 5.57 Å². The average Bonchev–Trinajstić information content (AvgIpc) is 2.18. The number of hydrogen-bond donors (Lipinski definition) is 0. The molecule has 0 aromatic heterocycles. The Morgan fingerprint density at radius 3 is 2.43 bits per heavy atom. The summed E-state index contributed by atoms with van der Waals surface area (Å²) in [6.07, 6.45) is 0.576. The van der Waals surface area contributed by atoms with Crippen molar-refractivity contribution in [1.29, 1.82) is 5.26 Å². The van der Waals surface area contributed by atoms with Gasteiger partial charge in [0, 0.05) is 6.42 Å². The van der Waals surface area contributed by atoms with Crippen LogP contribution in [0.15, 0.2) is 30.8 Å². The van der Waals surface area contributed by atoms with Crippen LogP contribution in [-0.4, -0.2) is 0 Å². The molecule has 1 atom stereocenters. The lowest BCUT2D eigenvalue weighted by Gasteiger charge is -2.08. The molecule has 0 radical (unpaired) electrons. The van der Waals surface area contributed by atoms with Crippen molar-refractivity contribution in [2.45, 2.75) is 26.2 Å². The Hall–Kier alpha value is -1.55. The molecule has 1 unspecified atom stereocenters. The first-order valence-electron chi connectivity index (χ1n) is 4.78. The van der Waals surface area contributed by atoms with Gasteiger partial charge >= 0.3 is 0 Å². The molecular weight excluding hydrogens is 170 g/mol. The Balaban J connectivity index is 2.84. The van der Waals surface area contributed by atoms with Gasteiger partial charge in [0.2, 0.25) is 0 Å². The van der Waals surface area contributed by atoms with E-state index in [1.165, 1.54) is 5.56 Å². The predicted octanol–water partition coefficient (Wildman–Crippen LogP) is 3.74. The van der Waals surface area contributed by atoms with Crippen LogP contribution in [-0.2, 0) is 0 Å². The summed E-state index contributed by atoms with van der Waals surface area (Å²) in [5.74, 6) is 0.319. The molecule has 0 saturated heterocycles. The maximum Gasteiger partial charge on any atom is 0.0628 e. The third-order valence-electron chi connectivity index (χ3n) is 2.37. The van der Waals surface area contributed by atoms with E-state index in [1.54, 1.807) is 0 Å². The van der Waals surface area contributed by atoms with Gasteiger partial charge < -0.3 is 0 Å². The molecule has 1 nitrogen and oxygen atoms in total. The molecule has 0 aliphatic carbocycles. The summed E-state index contributed by atoms with van der Waals surface area (Å²) in [5.41, 5.74) is 3.46. The molecule has 14 heavy (non-hydrogen) atoms. The Labute approximate surface area is 85.7 Å². The van der Waals surface area contributed by atoms with Crippen LogP contribution in [0.4, 0.5) is 0 Å². The topological polar surface area (TPSA) is 23.8 Å². The van der Waals surface area contributed by atoms with Crippen molar-refractivity contribution >= 4 is 5.57 Å². The van der Waals surface area contributed by atoms with E-state index in [0.29, 0.717) is 12.3 Å². The highest BCUT2D eigenvalue weighted by Gasteiger charge is 2.04.